The molecule has 1 aromatic rings. The van der Waals surface area contributed by atoms with Crippen LogP contribution in [0.5, 0.6) is 5.75 Å². The van der Waals surface area contributed by atoms with Crippen molar-refractivity contribution in [3.05, 3.63) is 29.8 Å². The maximum Gasteiger partial charge on any atom is 0.573 e. The number of nitrogens with one attached hydrogen (secondary N) is 1. The SMILES string of the molecule is Cl.O=C(Cc1ccc(OC(F)(F)F)cc1)N1CCC(N2CCNCC2)C1. The van der Waals surface area contributed by atoms with Crippen molar-refractivity contribution in [1.29, 1.82) is 0 Å². The van der Waals surface area contributed by atoms with Gasteiger partial charge in [-0.15, -0.1) is 25.6 Å². The molecule has 1 atom stereocenters. The molecule has 0 saturated carbocycles. The van der Waals surface area contributed by atoms with Gasteiger partial charge >= 0.3 is 6.36 Å². The Morgan fingerprint density at radius 1 is 1.15 bits per heavy atom. The third-order valence-electron chi connectivity index (χ3n) is 4.70. The number of likely N-dealkylation sites (tertiary alicyclic amines) is 1. The highest BCUT2D eigenvalue weighted by Gasteiger charge is 2.32. The second-order valence-electron chi connectivity index (χ2n) is 6.44. The molecule has 3 rings (SSSR count). The predicted octanol–water partition coefficient (Wildman–Crippen LogP) is 2.06. The molecule has 5 nitrogen and oxygen atoms in total. The summed E-state index contributed by atoms with van der Waals surface area (Å²) in [4.78, 5) is 16.7. The van der Waals surface area contributed by atoms with Gasteiger partial charge in [0, 0.05) is 45.3 Å². The lowest BCUT2D eigenvalue weighted by molar-refractivity contribution is -0.274. The Hall–Kier alpha value is -1.51. The predicted molar refractivity (Wildman–Crippen MR) is 93.5 cm³/mol. The standard InChI is InChI=1S/C17H22F3N3O2.ClH/c18-17(19,20)25-15-3-1-13(2-4-15)11-16(24)23-8-5-14(12-23)22-9-6-21-7-10-22;/h1-4,14,21H,5-12H2;1H. The molecule has 2 saturated heterocycles. The molecule has 2 fully saturated rings. The van der Waals surface area contributed by atoms with E-state index in [1.54, 1.807) is 0 Å². The Balaban J connectivity index is 0.00000243. The number of alkyl halides is 3. The summed E-state index contributed by atoms with van der Waals surface area (Å²) in [6, 6.07) is 5.90. The molecular formula is C17H23ClF3N3O2. The molecule has 1 amide bonds. The van der Waals surface area contributed by atoms with Gasteiger partial charge in [0.25, 0.3) is 0 Å². The van der Waals surface area contributed by atoms with Crippen molar-refractivity contribution in [3.8, 4) is 5.75 Å². The minimum atomic E-state index is -4.70. The normalized spacial score (nSPS) is 21.3. The fourth-order valence-corrected chi connectivity index (χ4v) is 3.41. The summed E-state index contributed by atoms with van der Waals surface area (Å²) >= 11 is 0. The molecule has 0 spiro atoms. The second-order valence-corrected chi connectivity index (χ2v) is 6.44. The lowest BCUT2D eigenvalue weighted by atomic mass is 10.1. The van der Waals surface area contributed by atoms with Crippen LogP contribution < -0.4 is 10.1 Å². The average molecular weight is 394 g/mol. The summed E-state index contributed by atoms with van der Waals surface area (Å²) in [6.45, 7) is 5.45. The van der Waals surface area contributed by atoms with E-state index in [4.69, 9.17) is 0 Å². The summed E-state index contributed by atoms with van der Waals surface area (Å²) in [5.74, 6) is -0.259. The zero-order chi connectivity index (χ0) is 17.9. The van der Waals surface area contributed by atoms with Gasteiger partial charge in [-0.2, -0.15) is 0 Å². The Labute approximate surface area is 156 Å². The Bertz CT molecular complexity index is 592. The number of piperazine rings is 1. The summed E-state index contributed by atoms with van der Waals surface area (Å²) in [7, 11) is 0. The van der Waals surface area contributed by atoms with Gasteiger partial charge in [-0.05, 0) is 24.1 Å². The van der Waals surface area contributed by atoms with Gasteiger partial charge in [0.1, 0.15) is 5.75 Å². The summed E-state index contributed by atoms with van der Waals surface area (Å²) in [5, 5.41) is 3.32. The van der Waals surface area contributed by atoms with Crippen LogP contribution in [-0.2, 0) is 11.2 Å². The van der Waals surface area contributed by atoms with Gasteiger partial charge in [-0.3, -0.25) is 9.69 Å². The highest BCUT2D eigenvalue weighted by Crippen LogP contribution is 2.23. The topological polar surface area (TPSA) is 44.8 Å². The second kappa shape index (κ2) is 8.92. The van der Waals surface area contributed by atoms with Crippen LogP contribution in [0, 0.1) is 0 Å². The van der Waals surface area contributed by atoms with Crippen LogP contribution in [0.1, 0.15) is 12.0 Å². The van der Waals surface area contributed by atoms with Gasteiger partial charge in [-0.25, -0.2) is 0 Å². The maximum absolute atomic E-state index is 12.4. The van der Waals surface area contributed by atoms with Crippen LogP contribution in [-0.4, -0.2) is 67.4 Å². The zero-order valence-corrected chi connectivity index (χ0v) is 15.1. The smallest absolute Gasteiger partial charge is 0.406 e. The molecule has 2 aliphatic rings. The number of rotatable bonds is 4. The van der Waals surface area contributed by atoms with Crippen LogP contribution in [0.4, 0.5) is 13.2 Å². The fourth-order valence-electron chi connectivity index (χ4n) is 3.41. The quantitative estimate of drug-likeness (QED) is 0.850. The monoisotopic (exact) mass is 393 g/mol. The van der Waals surface area contributed by atoms with Crippen LogP contribution in [0.15, 0.2) is 24.3 Å². The van der Waals surface area contributed by atoms with Crippen molar-refractivity contribution >= 4 is 18.3 Å². The number of amides is 1. The van der Waals surface area contributed by atoms with Gasteiger partial charge in [-0.1, -0.05) is 12.1 Å². The first-order valence-electron chi connectivity index (χ1n) is 8.48. The van der Waals surface area contributed by atoms with E-state index in [9.17, 15) is 18.0 Å². The van der Waals surface area contributed by atoms with Crippen molar-refractivity contribution in [1.82, 2.24) is 15.1 Å². The first-order chi connectivity index (χ1) is 11.9. The first-order valence-corrected chi connectivity index (χ1v) is 8.48. The molecule has 0 bridgehead atoms. The fraction of sp³-hybridized carbons (Fsp3) is 0.588. The highest BCUT2D eigenvalue weighted by atomic mass is 35.5. The lowest BCUT2D eigenvalue weighted by Crippen LogP contribution is -2.49. The first kappa shape index (κ1) is 20.8. The van der Waals surface area contributed by atoms with Gasteiger partial charge in [0.15, 0.2) is 0 Å². The van der Waals surface area contributed by atoms with Crippen molar-refractivity contribution in [2.24, 2.45) is 0 Å². The van der Waals surface area contributed by atoms with Gasteiger partial charge in [0.05, 0.1) is 6.42 Å². The van der Waals surface area contributed by atoms with Crippen LogP contribution in [0.2, 0.25) is 0 Å². The number of ether oxygens (including phenoxy) is 1. The molecule has 26 heavy (non-hydrogen) atoms. The molecule has 2 heterocycles. The van der Waals surface area contributed by atoms with Crippen molar-refractivity contribution in [3.63, 3.8) is 0 Å². The van der Waals surface area contributed by atoms with Gasteiger partial charge in [0.2, 0.25) is 5.91 Å². The Morgan fingerprint density at radius 3 is 2.42 bits per heavy atom. The lowest BCUT2D eigenvalue weighted by Gasteiger charge is -2.32. The van der Waals surface area contributed by atoms with Crippen molar-refractivity contribution in [2.75, 3.05) is 39.3 Å². The third-order valence-corrected chi connectivity index (χ3v) is 4.70. The van der Waals surface area contributed by atoms with E-state index < -0.39 is 6.36 Å². The minimum absolute atomic E-state index is 0. The Kier molecular flexibility index (Phi) is 7.14. The molecule has 146 valence electrons. The number of benzene rings is 1. The summed E-state index contributed by atoms with van der Waals surface area (Å²) in [6.07, 6.45) is -3.53. The average Bonchev–Trinajstić information content (AvgIpc) is 3.06. The highest BCUT2D eigenvalue weighted by molar-refractivity contribution is 5.85. The number of hydrogen-bond donors (Lipinski definition) is 1. The number of carbonyl (C=O) groups is 1. The van der Waals surface area contributed by atoms with Crippen molar-refractivity contribution in [2.45, 2.75) is 25.2 Å². The van der Waals surface area contributed by atoms with E-state index in [-0.39, 0.29) is 30.5 Å². The van der Waals surface area contributed by atoms with E-state index in [1.165, 1.54) is 24.3 Å². The molecule has 1 N–H and O–H groups in total. The van der Waals surface area contributed by atoms with E-state index in [0.29, 0.717) is 11.6 Å². The van der Waals surface area contributed by atoms with E-state index in [1.807, 2.05) is 4.90 Å². The van der Waals surface area contributed by atoms with Crippen LogP contribution >= 0.6 is 12.4 Å². The number of hydrogen-bond acceptors (Lipinski definition) is 4. The number of nitrogens with zero attached hydrogens (tertiary/aromatic N) is 2. The molecule has 0 radical (unpaired) electrons. The summed E-state index contributed by atoms with van der Waals surface area (Å²) < 4.78 is 40.3. The molecule has 2 aliphatic heterocycles. The van der Waals surface area contributed by atoms with E-state index >= 15 is 0 Å². The molecule has 0 aromatic heterocycles. The summed E-state index contributed by atoms with van der Waals surface area (Å²) in [5.41, 5.74) is 0.685. The van der Waals surface area contributed by atoms with Gasteiger partial charge < -0.3 is 15.0 Å². The minimum Gasteiger partial charge on any atom is -0.406 e. The largest absolute Gasteiger partial charge is 0.573 e. The van der Waals surface area contributed by atoms with Crippen LogP contribution in [0.3, 0.4) is 0 Å². The molecular weight excluding hydrogens is 371 g/mol. The molecule has 0 aliphatic carbocycles. The van der Waals surface area contributed by atoms with E-state index in [0.717, 1.165) is 45.7 Å². The van der Waals surface area contributed by atoms with Crippen LogP contribution in [0.25, 0.3) is 0 Å². The number of halogens is 4. The molecule has 1 unspecified atom stereocenters. The third kappa shape index (κ3) is 5.75. The maximum atomic E-state index is 12.4. The van der Waals surface area contributed by atoms with E-state index in [2.05, 4.69) is 15.0 Å². The van der Waals surface area contributed by atoms with Crippen molar-refractivity contribution < 1.29 is 22.7 Å². The number of carbonyl (C=O) groups excluding carboxylic acids is 1. The molecule has 9 heteroatoms. The Morgan fingerprint density at radius 2 is 1.81 bits per heavy atom. The zero-order valence-electron chi connectivity index (χ0n) is 14.3. The molecule has 1 aromatic carbocycles.